The molecule has 2 aromatic rings. The molecule has 0 bridgehead atoms. The number of rotatable bonds is 9. The van der Waals surface area contributed by atoms with E-state index in [1.54, 1.807) is 18.2 Å². The Hall–Kier alpha value is -1.90. The van der Waals surface area contributed by atoms with Gasteiger partial charge in [-0.3, -0.25) is 4.79 Å². The lowest BCUT2D eigenvalue weighted by Crippen LogP contribution is -2.42. The van der Waals surface area contributed by atoms with Crippen molar-refractivity contribution in [3.05, 3.63) is 69.7 Å². The molecule has 0 aromatic heterocycles. The van der Waals surface area contributed by atoms with Gasteiger partial charge in [-0.05, 0) is 60.6 Å². The number of unbranched alkanes of at least 4 members (excludes halogenated alkanes) is 1. The Morgan fingerprint density at radius 3 is 2.47 bits per heavy atom. The lowest BCUT2D eigenvalue weighted by atomic mass is 9.63. The molecule has 170 valence electrons. The summed E-state index contributed by atoms with van der Waals surface area (Å²) in [6, 6.07) is 16.8. The number of benzene rings is 2. The Kier molecular flexibility index (Phi) is 8.36. The van der Waals surface area contributed by atoms with Gasteiger partial charge in [0, 0.05) is 35.0 Å². The minimum atomic E-state index is -0.961. The highest BCUT2D eigenvalue weighted by molar-refractivity contribution is 6.30. The SMILES string of the molecule is CC(C)C[C@@H]1N[C@@H](C(=O)CCCCO)[C@H](c2cccc(Cl)c2)[C@@]1(C#N)c1ccc(Cl)cc1. The fourth-order valence-electron chi connectivity index (χ4n) is 4.97. The molecular weight excluding hydrogens is 443 g/mol. The average Bonchev–Trinajstić information content (AvgIpc) is 3.08. The van der Waals surface area contributed by atoms with Gasteiger partial charge in [-0.2, -0.15) is 5.26 Å². The highest BCUT2D eigenvalue weighted by Crippen LogP contribution is 2.50. The van der Waals surface area contributed by atoms with E-state index in [4.69, 9.17) is 28.3 Å². The molecule has 1 aliphatic rings. The minimum absolute atomic E-state index is 0.0586. The van der Waals surface area contributed by atoms with Gasteiger partial charge in [0.15, 0.2) is 0 Å². The number of Topliss-reactive ketones (excluding diaryl/α,β-unsaturated/α-hetero) is 1. The number of nitriles is 1. The van der Waals surface area contributed by atoms with E-state index in [9.17, 15) is 10.1 Å². The van der Waals surface area contributed by atoms with Crippen LogP contribution in [0.5, 0.6) is 0 Å². The number of aliphatic hydroxyl groups is 1. The van der Waals surface area contributed by atoms with Crippen molar-refractivity contribution >= 4 is 29.0 Å². The molecule has 2 N–H and O–H groups in total. The minimum Gasteiger partial charge on any atom is -0.396 e. The molecule has 32 heavy (non-hydrogen) atoms. The maximum atomic E-state index is 13.4. The van der Waals surface area contributed by atoms with Crippen LogP contribution < -0.4 is 5.32 Å². The van der Waals surface area contributed by atoms with Gasteiger partial charge >= 0.3 is 0 Å². The fraction of sp³-hybridized carbons (Fsp3) is 0.462. The lowest BCUT2D eigenvalue weighted by Gasteiger charge is -2.35. The summed E-state index contributed by atoms with van der Waals surface area (Å²) in [5, 5.41) is 24.6. The monoisotopic (exact) mass is 472 g/mol. The first kappa shape index (κ1) is 24.7. The van der Waals surface area contributed by atoms with Crippen molar-refractivity contribution < 1.29 is 9.90 Å². The molecule has 0 unspecified atom stereocenters. The molecule has 3 rings (SSSR count). The Morgan fingerprint density at radius 2 is 1.88 bits per heavy atom. The molecular formula is C26H30Cl2N2O2. The number of hydrogen-bond donors (Lipinski definition) is 2. The molecule has 0 amide bonds. The van der Waals surface area contributed by atoms with Crippen molar-refractivity contribution in [1.29, 1.82) is 5.26 Å². The van der Waals surface area contributed by atoms with Gasteiger partial charge in [-0.15, -0.1) is 0 Å². The van der Waals surface area contributed by atoms with E-state index in [0.717, 1.165) is 17.5 Å². The summed E-state index contributed by atoms with van der Waals surface area (Å²) >= 11 is 12.5. The molecule has 4 atom stereocenters. The summed E-state index contributed by atoms with van der Waals surface area (Å²) < 4.78 is 0. The second-order valence-corrected chi connectivity index (χ2v) is 9.87. The zero-order chi connectivity index (χ0) is 23.3. The van der Waals surface area contributed by atoms with E-state index < -0.39 is 17.4 Å². The highest BCUT2D eigenvalue weighted by Gasteiger charge is 2.58. The molecule has 4 nitrogen and oxygen atoms in total. The zero-order valence-corrected chi connectivity index (χ0v) is 20.0. The molecule has 1 fully saturated rings. The summed E-state index contributed by atoms with van der Waals surface area (Å²) in [6.45, 7) is 4.30. The molecule has 0 saturated carbocycles. The number of aliphatic hydroxyl groups excluding tert-OH is 1. The Labute approximate surface area is 200 Å². The van der Waals surface area contributed by atoms with Crippen molar-refractivity contribution in [2.45, 2.75) is 62.9 Å². The summed E-state index contributed by atoms with van der Waals surface area (Å²) in [4.78, 5) is 13.4. The van der Waals surface area contributed by atoms with E-state index in [0.29, 0.717) is 35.2 Å². The molecule has 0 aliphatic carbocycles. The molecule has 1 saturated heterocycles. The van der Waals surface area contributed by atoms with Crippen molar-refractivity contribution in [1.82, 2.24) is 5.32 Å². The number of carbonyl (C=O) groups excluding carboxylic acids is 1. The largest absolute Gasteiger partial charge is 0.396 e. The third kappa shape index (κ3) is 5.02. The van der Waals surface area contributed by atoms with Crippen molar-refractivity contribution in [2.75, 3.05) is 6.61 Å². The molecule has 0 spiro atoms. The topological polar surface area (TPSA) is 73.1 Å². The summed E-state index contributed by atoms with van der Waals surface area (Å²) in [5.74, 6) is -0.0169. The predicted octanol–water partition coefficient (Wildman–Crippen LogP) is 5.66. The van der Waals surface area contributed by atoms with E-state index in [2.05, 4.69) is 25.2 Å². The Morgan fingerprint density at radius 1 is 1.16 bits per heavy atom. The quantitative estimate of drug-likeness (QED) is 0.461. The Bertz CT molecular complexity index is 971. The first-order chi connectivity index (χ1) is 15.3. The second-order valence-electron chi connectivity index (χ2n) is 8.99. The maximum absolute atomic E-state index is 13.4. The van der Waals surface area contributed by atoms with E-state index in [1.807, 2.05) is 30.3 Å². The van der Waals surface area contributed by atoms with Crippen molar-refractivity contribution in [2.24, 2.45) is 5.92 Å². The van der Waals surface area contributed by atoms with Crippen LogP contribution in [0.25, 0.3) is 0 Å². The van der Waals surface area contributed by atoms with Crippen molar-refractivity contribution in [3.63, 3.8) is 0 Å². The highest BCUT2D eigenvalue weighted by atomic mass is 35.5. The molecule has 2 aromatic carbocycles. The van der Waals surface area contributed by atoms with Gasteiger partial charge in [0.2, 0.25) is 0 Å². The van der Waals surface area contributed by atoms with Crippen LogP contribution in [0.15, 0.2) is 48.5 Å². The van der Waals surface area contributed by atoms with Crippen LogP contribution in [-0.2, 0) is 10.2 Å². The lowest BCUT2D eigenvalue weighted by molar-refractivity contribution is -0.121. The first-order valence-electron chi connectivity index (χ1n) is 11.2. The first-order valence-corrected chi connectivity index (χ1v) is 11.9. The summed E-state index contributed by atoms with van der Waals surface area (Å²) in [6.07, 6.45) is 2.29. The summed E-state index contributed by atoms with van der Waals surface area (Å²) in [7, 11) is 0. The predicted molar refractivity (Wildman–Crippen MR) is 129 cm³/mol. The van der Waals surface area contributed by atoms with Crippen LogP contribution in [0, 0.1) is 17.2 Å². The van der Waals surface area contributed by atoms with Gasteiger partial charge in [-0.25, -0.2) is 0 Å². The molecule has 1 aliphatic heterocycles. The van der Waals surface area contributed by atoms with Crippen LogP contribution in [0.4, 0.5) is 0 Å². The molecule has 0 radical (unpaired) electrons. The third-order valence-electron chi connectivity index (χ3n) is 6.35. The van der Waals surface area contributed by atoms with Crippen LogP contribution in [-0.4, -0.2) is 29.6 Å². The van der Waals surface area contributed by atoms with Crippen LogP contribution in [0.1, 0.15) is 56.6 Å². The maximum Gasteiger partial charge on any atom is 0.150 e. The van der Waals surface area contributed by atoms with Gasteiger partial charge < -0.3 is 10.4 Å². The zero-order valence-electron chi connectivity index (χ0n) is 18.5. The van der Waals surface area contributed by atoms with Crippen LogP contribution in [0.2, 0.25) is 10.0 Å². The second kappa shape index (κ2) is 10.8. The normalized spacial score (nSPS) is 25.1. The molecule has 1 heterocycles. The van der Waals surface area contributed by atoms with Crippen molar-refractivity contribution in [3.8, 4) is 6.07 Å². The third-order valence-corrected chi connectivity index (χ3v) is 6.84. The molecule has 6 heteroatoms. The smallest absolute Gasteiger partial charge is 0.150 e. The number of hydrogen-bond acceptors (Lipinski definition) is 4. The van der Waals surface area contributed by atoms with E-state index in [-0.39, 0.29) is 18.4 Å². The van der Waals surface area contributed by atoms with Gasteiger partial charge in [0.25, 0.3) is 0 Å². The average molecular weight is 473 g/mol. The van der Waals surface area contributed by atoms with Gasteiger partial charge in [-0.1, -0.05) is 61.3 Å². The number of nitrogens with one attached hydrogen (secondary N) is 1. The number of halogens is 2. The van der Waals surface area contributed by atoms with E-state index >= 15 is 0 Å². The van der Waals surface area contributed by atoms with Gasteiger partial charge in [0.05, 0.1) is 12.1 Å². The summed E-state index contributed by atoms with van der Waals surface area (Å²) in [5.41, 5.74) is 0.753. The number of nitrogens with zero attached hydrogens (tertiary/aromatic N) is 1. The fourth-order valence-corrected chi connectivity index (χ4v) is 5.29. The van der Waals surface area contributed by atoms with Gasteiger partial charge in [0.1, 0.15) is 11.2 Å². The van der Waals surface area contributed by atoms with Crippen LogP contribution in [0.3, 0.4) is 0 Å². The Balaban J connectivity index is 2.18. The van der Waals surface area contributed by atoms with Crippen LogP contribution >= 0.6 is 23.2 Å². The van der Waals surface area contributed by atoms with E-state index in [1.165, 1.54) is 0 Å². The number of ketones is 1. The standard InChI is InChI=1S/C26H30Cl2N2O2/c1-17(2)14-23-26(16-29,19-9-11-20(27)12-10-19)24(18-6-5-7-21(28)15-18)25(30-23)22(32)8-3-4-13-31/h5-7,9-12,15,17,23-25,30-31H,3-4,8,13-14H2,1-2H3/t23-,24-,25-,26-/m0/s1. The number of carbonyl (C=O) groups is 1.